The summed E-state index contributed by atoms with van der Waals surface area (Å²) < 4.78 is 62.2. The van der Waals surface area contributed by atoms with Gasteiger partial charge in [-0.15, -0.1) is 0 Å². The second-order valence-corrected chi connectivity index (χ2v) is 12.8. The van der Waals surface area contributed by atoms with E-state index in [4.69, 9.17) is 16.6 Å². The molecule has 5 atom stereocenters. The molecular formula is C22H22BrF3IN5O4. The van der Waals surface area contributed by atoms with Gasteiger partial charge >= 0.3 is 221 Å². The van der Waals surface area contributed by atoms with E-state index in [-0.39, 0.29) is 29.6 Å². The normalized spacial score (nSPS) is 27.7. The summed E-state index contributed by atoms with van der Waals surface area (Å²) in [7, 11) is 0. The molecule has 0 aliphatic carbocycles. The van der Waals surface area contributed by atoms with Crippen LogP contribution in [0.25, 0.3) is 5.69 Å². The Morgan fingerprint density at radius 1 is 1.19 bits per heavy atom. The summed E-state index contributed by atoms with van der Waals surface area (Å²) in [6, 6.07) is 9.86. The number of aliphatic hydroxyl groups excluding tert-OH is 1. The van der Waals surface area contributed by atoms with Crippen molar-refractivity contribution in [3.8, 4) is 5.69 Å². The van der Waals surface area contributed by atoms with E-state index in [1.807, 2.05) is 30.3 Å². The number of hydrogen-bond acceptors (Lipinski definition) is 8. The maximum atomic E-state index is 13.9. The van der Waals surface area contributed by atoms with Crippen LogP contribution >= 0.6 is 36.6 Å². The number of halogens is 5. The number of ether oxygens (including phenoxy) is 1. The summed E-state index contributed by atoms with van der Waals surface area (Å²) in [6.07, 6.45) is -8.55. The van der Waals surface area contributed by atoms with Crippen LogP contribution < -0.4 is 5.73 Å². The number of rotatable bonds is 3. The van der Waals surface area contributed by atoms with Crippen molar-refractivity contribution in [2.45, 2.75) is 50.5 Å². The fourth-order valence-corrected chi connectivity index (χ4v) is 8.05. The summed E-state index contributed by atoms with van der Waals surface area (Å²) in [5.74, 6) is 0.163. The molecule has 3 aromatic rings. The van der Waals surface area contributed by atoms with Crippen molar-refractivity contribution in [3.05, 3.63) is 67.5 Å². The molecule has 4 heterocycles. The van der Waals surface area contributed by atoms with Crippen LogP contribution in [0.5, 0.6) is 0 Å². The number of fused-ring (bicyclic) bond motifs is 1. The van der Waals surface area contributed by atoms with Gasteiger partial charge in [-0.3, -0.25) is 0 Å². The van der Waals surface area contributed by atoms with Gasteiger partial charge in [-0.05, 0) is 0 Å². The second kappa shape index (κ2) is 9.89. The minimum atomic E-state index is -4.76. The molecule has 0 radical (unpaired) electrons. The summed E-state index contributed by atoms with van der Waals surface area (Å²) in [6.45, 7) is 3.16. The Hall–Kier alpha value is -1.69. The fourth-order valence-electron chi connectivity index (χ4n) is 4.06. The zero-order valence-electron chi connectivity index (χ0n) is 19.0. The van der Waals surface area contributed by atoms with Crippen molar-refractivity contribution in [2.75, 3.05) is 6.61 Å². The third kappa shape index (κ3) is 4.79. The fraction of sp³-hybridized carbons (Fsp3) is 0.409. The number of aryl methyl sites for hydroxylation is 2. The molecule has 36 heavy (non-hydrogen) atoms. The van der Waals surface area contributed by atoms with Crippen molar-refractivity contribution in [2.24, 2.45) is 5.73 Å². The van der Waals surface area contributed by atoms with Gasteiger partial charge in [0.1, 0.15) is 0 Å². The third-order valence-electron chi connectivity index (χ3n) is 5.81. The van der Waals surface area contributed by atoms with E-state index < -0.39 is 63.0 Å². The number of alkyl halides is 3. The van der Waals surface area contributed by atoms with Crippen LogP contribution in [0, 0.1) is 17.4 Å². The second-order valence-electron chi connectivity index (χ2n) is 8.36. The first-order valence-electron chi connectivity index (χ1n) is 10.9. The minimum absolute atomic E-state index is 0.0269. The predicted molar refractivity (Wildman–Crippen MR) is 133 cm³/mol. The molecule has 0 saturated carbocycles. The summed E-state index contributed by atoms with van der Waals surface area (Å²) in [5, 5.41) is 15.3. The molecular weight excluding hydrogens is 662 g/mol. The third-order valence-corrected chi connectivity index (χ3v) is 10.3. The Kier molecular flexibility index (Phi) is 7.12. The Labute approximate surface area is 220 Å². The van der Waals surface area contributed by atoms with Crippen LogP contribution in [-0.2, 0) is 17.0 Å². The van der Waals surface area contributed by atoms with E-state index in [1.165, 1.54) is 19.9 Å². The molecule has 3 unspecified atom stereocenters. The molecule has 0 amide bonds. The number of aliphatic hydroxyl groups is 1. The Morgan fingerprint density at radius 2 is 1.92 bits per heavy atom. The average Bonchev–Trinajstić information content (AvgIpc) is 3.23. The van der Waals surface area contributed by atoms with Crippen LogP contribution in [0.4, 0.5) is 13.2 Å². The zero-order valence-corrected chi connectivity index (χ0v) is 22.7. The SMILES string of the molecule is Cc1nc([C@@H]2OC3COI(c4ccccc4)O[C@@H]3C(N)C2O)n(-c2cc(Br)c(C)nc2C(F)(F)F)n1. The van der Waals surface area contributed by atoms with Crippen molar-refractivity contribution >= 4 is 36.6 Å². The van der Waals surface area contributed by atoms with E-state index >= 15 is 0 Å². The summed E-state index contributed by atoms with van der Waals surface area (Å²) in [5.41, 5.74) is 5.07. The standard InChI is InChI=1S/C22H22BrF3IN5O4/c1-10-13(23)8-14(20(29-10)22(24,25)26)32-21(30-11(2)31-32)19-17(33)16(28)18-15(35-19)9-34-27(36-18)12-6-4-3-5-7-12/h3-8,15-19,33H,9,28H2,1-2H3/t15?,16?,17?,18-,19+/m0/s1. The Morgan fingerprint density at radius 3 is 2.61 bits per heavy atom. The number of nitrogens with two attached hydrogens (primary N) is 1. The molecule has 3 N–H and O–H groups in total. The van der Waals surface area contributed by atoms with Crippen LogP contribution in [0.2, 0.25) is 0 Å². The van der Waals surface area contributed by atoms with Crippen LogP contribution in [0.1, 0.15) is 29.1 Å². The summed E-state index contributed by atoms with van der Waals surface area (Å²) >= 11 is 0.768. The van der Waals surface area contributed by atoms with Gasteiger partial charge in [0, 0.05) is 0 Å². The molecule has 5 rings (SSSR count). The number of aromatic nitrogens is 4. The maximum absolute atomic E-state index is 13.9. The van der Waals surface area contributed by atoms with E-state index in [2.05, 4.69) is 31.0 Å². The monoisotopic (exact) mass is 683 g/mol. The topological polar surface area (TPSA) is 118 Å². The average molecular weight is 684 g/mol. The zero-order chi connectivity index (χ0) is 25.8. The molecule has 0 bridgehead atoms. The first kappa shape index (κ1) is 25.9. The molecule has 2 fully saturated rings. The molecule has 9 nitrogen and oxygen atoms in total. The summed E-state index contributed by atoms with van der Waals surface area (Å²) in [4.78, 5) is 8.03. The van der Waals surface area contributed by atoms with Gasteiger partial charge in [0.2, 0.25) is 0 Å². The molecule has 194 valence electrons. The van der Waals surface area contributed by atoms with Gasteiger partial charge in [0.05, 0.1) is 0 Å². The van der Waals surface area contributed by atoms with Crippen molar-refractivity contribution in [1.82, 2.24) is 19.7 Å². The molecule has 2 saturated heterocycles. The predicted octanol–water partition coefficient (Wildman–Crippen LogP) is 3.81. The molecule has 2 aliphatic rings. The molecule has 14 heteroatoms. The van der Waals surface area contributed by atoms with E-state index in [0.29, 0.717) is 4.47 Å². The van der Waals surface area contributed by atoms with Crippen LogP contribution in [0.3, 0.4) is 0 Å². The Balaban J connectivity index is 1.49. The van der Waals surface area contributed by atoms with Gasteiger partial charge in [-0.1, -0.05) is 0 Å². The number of benzene rings is 1. The number of hydrogen-bond donors (Lipinski definition) is 2. The van der Waals surface area contributed by atoms with Gasteiger partial charge < -0.3 is 0 Å². The van der Waals surface area contributed by atoms with Gasteiger partial charge in [-0.25, -0.2) is 0 Å². The first-order valence-corrected chi connectivity index (χ1v) is 14.5. The molecule has 0 spiro atoms. The molecule has 2 aromatic heterocycles. The van der Waals surface area contributed by atoms with E-state index in [0.717, 1.165) is 8.25 Å². The van der Waals surface area contributed by atoms with Gasteiger partial charge in [0.15, 0.2) is 0 Å². The van der Waals surface area contributed by atoms with Crippen molar-refractivity contribution in [3.63, 3.8) is 0 Å². The van der Waals surface area contributed by atoms with E-state index in [1.54, 1.807) is 0 Å². The first-order chi connectivity index (χ1) is 17.0. The van der Waals surface area contributed by atoms with E-state index in [9.17, 15) is 18.3 Å². The van der Waals surface area contributed by atoms with Crippen LogP contribution in [0.15, 0.2) is 40.9 Å². The molecule has 1 aromatic carbocycles. The van der Waals surface area contributed by atoms with Crippen molar-refractivity contribution < 1.29 is 29.1 Å². The van der Waals surface area contributed by atoms with Crippen molar-refractivity contribution in [1.29, 1.82) is 0 Å². The van der Waals surface area contributed by atoms with Gasteiger partial charge in [-0.2, -0.15) is 0 Å². The Bertz CT molecular complexity index is 1260. The number of nitrogens with zero attached hydrogens (tertiary/aromatic N) is 4. The number of pyridine rings is 1. The molecule has 2 aliphatic heterocycles. The quantitative estimate of drug-likeness (QED) is 0.401. The van der Waals surface area contributed by atoms with Crippen LogP contribution in [-0.4, -0.2) is 55.8 Å². The van der Waals surface area contributed by atoms with Gasteiger partial charge in [0.25, 0.3) is 0 Å².